The van der Waals surface area contributed by atoms with Crippen LogP contribution in [0.3, 0.4) is 0 Å². The molecule has 4 aliphatic rings. The van der Waals surface area contributed by atoms with Gasteiger partial charge in [-0.05, 0) is 92.0 Å². The molecule has 152 valence electrons. The monoisotopic (exact) mass is 393 g/mol. The van der Waals surface area contributed by atoms with Crippen LogP contribution in [0.25, 0.3) is 0 Å². The molecule has 0 saturated heterocycles. The highest BCUT2D eigenvalue weighted by atomic mass is 16.3. The van der Waals surface area contributed by atoms with E-state index in [9.17, 15) is 20.1 Å². The molecule has 4 fully saturated rings. The molecule has 0 aromatic heterocycles. The van der Waals surface area contributed by atoms with Crippen molar-refractivity contribution in [1.29, 1.82) is 0 Å². The predicted molar refractivity (Wildman–Crippen MR) is 109 cm³/mol. The van der Waals surface area contributed by atoms with E-state index >= 15 is 0 Å². The summed E-state index contributed by atoms with van der Waals surface area (Å²) in [6.07, 6.45) is 7.36. The normalized spacial score (nSPS) is 29.7. The molecule has 0 atom stereocenters. The van der Waals surface area contributed by atoms with Gasteiger partial charge >= 0.3 is 0 Å². The van der Waals surface area contributed by atoms with E-state index < -0.39 is 0 Å². The fraction of sp³-hybridized carbons (Fsp3) is 0.458. The lowest BCUT2D eigenvalue weighted by Crippen LogP contribution is -2.48. The van der Waals surface area contributed by atoms with Crippen LogP contribution in [0.4, 0.5) is 0 Å². The Kier molecular flexibility index (Phi) is 4.23. The van der Waals surface area contributed by atoms with E-state index in [1.165, 1.54) is 31.4 Å². The number of rotatable bonds is 4. The Morgan fingerprint density at radius 1 is 0.897 bits per heavy atom. The van der Waals surface area contributed by atoms with Gasteiger partial charge in [0.1, 0.15) is 17.2 Å². The van der Waals surface area contributed by atoms with Crippen LogP contribution in [0.2, 0.25) is 0 Å². The molecule has 0 unspecified atom stereocenters. The van der Waals surface area contributed by atoms with Crippen LogP contribution < -0.4 is 5.32 Å². The molecule has 1 amide bonds. The summed E-state index contributed by atoms with van der Waals surface area (Å²) in [5.74, 6) is 2.28. The number of carbonyl (C=O) groups is 1. The summed E-state index contributed by atoms with van der Waals surface area (Å²) in [4.78, 5) is 12.8. The maximum atomic E-state index is 12.8. The first-order valence-electron chi connectivity index (χ1n) is 10.5. The third-order valence-electron chi connectivity index (χ3n) is 7.38. The van der Waals surface area contributed by atoms with Crippen molar-refractivity contribution >= 4 is 5.91 Å². The molecule has 0 aliphatic heterocycles. The molecule has 4 saturated carbocycles. The van der Waals surface area contributed by atoms with Crippen LogP contribution in [0.5, 0.6) is 17.2 Å². The van der Waals surface area contributed by atoms with Crippen molar-refractivity contribution in [3.05, 3.63) is 53.1 Å². The van der Waals surface area contributed by atoms with Crippen molar-refractivity contribution in [2.24, 2.45) is 17.8 Å². The Bertz CT molecular complexity index is 932. The highest BCUT2D eigenvalue weighted by Crippen LogP contribution is 2.61. The van der Waals surface area contributed by atoms with E-state index in [4.69, 9.17) is 0 Å². The molecule has 29 heavy (non-hydrogen) atoms. The van der Waals surface area contributed by atoms with Crippen molar-refractivity contribution in [1.82, 2.24) is 5.32 Å². The van der Waals surface area contributed by atoms with Gasteiger partial charge in [0.2, 0.25) is 0 Å². The molecule has 0 radical (unpaired) electrons. The first kappa shape index (κ1) is 18.3. The number of phenolic OH excluding ortho intramolecular Hbond substituents is 3. The van der Waals surface area contributed by atoms with Crippen LogP contribution in [-0.2, 0) is 12.0 Å². The molecule has 4 aliphatic carbocycles. The van der Waals surface area contributed by atoms with E-state index in [0.717, 1.165) is 42.6 Å². The Morgan fingerprint density at radius 3 is 2.17 bits per heavy atom. The molecular formula is C24H27NO4. The summed E-state index contributed by atoms with van der Waals surface area (Å²) in [5.41, 5.74) is 2.03. The molecule has 5 heteroatoms. The molecule has 0 spiro atoms. The number of phenols is 3. The van der Waals surface area contributed by atoms with E-state index in [1.807, 2.05) is 6.07 Å². The van der Waals surface area contributed by atoms with Gasteiger partial charge in [0.05, 0.1) is 0 Å². The Morgan fingerprint density at radius 2 is 1.55 bits per heavy atom. The number of carbonyl (C=O) groups excluding carboxylic acids is 1. The van der Waals surface area contributed by atoms with Gasteiger partial charge in [-0.15, -0.1) is 0 Å². The lowest BCUT2D eigenvalue weighted by molar-refractivity contribution is -0.00615. The van der Waals surface area contributed by atoms with Gasteiger partial charge in [-0.2, -0.15) is 0 Å². The van der Waals surface area contributed by atoms with Crippen molar-refractivity contribution in [3.8, 4) is 17.2 Å². The first-order chi connectivity index (χ1) is 13.9. The molecule has 4 bridgehead atoms. The van der Waals surface area contributed by atoms with Gasteiger partial charge in [-0.1, -0.05) is 0 Å². The lowest BCUT2D eigenvalue weighted by atomic mass is 9.48. The lowest BCUT2D eigenvalue weighted by Gasteiger charge is -2.57. The van der Waals surface area contributed by atoms with Crippen LogP contribution in [0, 0.1) is 17.8 Å². The van der Waals surface area contributed by atoms with Gasteiger partial charge in [0, 0.05) is 29.3 Å². The zero-order valence-corrected chi connectivity index (χ0v) is 16.4. The fourth-order valence-electron chi connectivity index (χ4n) is 6.52. The fourth-order valence-corrected chi connectivity index (χ4v) is 6.52. The summed E-state index contributed by atoms with van der Waals surface area (Å²) < 4.78 is 0. The predicted octanol–water partition coefficient (Wildman–Crippen LogP) is 4.20. The molecule has 4 N–H and O–H groups in total. The minimum absolute atomic E-state index is 0.0173. The Hall–Kier alpha value is -2.69. The van der Waals surface area contributed by atoms with Crippen molar-refractivity contribution in [2.75, 3.05) is 0 Å². The van der Waals surface area contributed by atoms with E-state index in [2.05, 4.69) is 5.32 Å². The number of hydrogen-bond acceptors (Lipinski definition) is 4. The van der Waals surface area contributed by atoms with E-state index in [1.54, 1.807) is 18.2 Å². The largest absolute Gasteiger partial charge is 0.508 e. The van der Waals surface area contributed by atoms with Crippen molar-refractivity contribution in [2.45, 2.75) is 50.5 Å². The molecular weight excluding hydrogens is 366 g/mol. The highest BCUT2D eigenvalue weighted by Gasteiger charge is 2.52. The average Bonchev–Trinajstić information content (AvgIpc) is 2.66. The van der Waals surface area contributed by atoms with Crippen molar-refractivity contribution < 1.29 is 20.1 Å². The smallest absolute Gasteiger partial charge is 0.251 e. The van der Waals surface area contributed by atoms with Crippen molar-refractivity contribution in [3.63, 3.8) is 0 Å². The maximum Gasteiger partial charge on any atom is 0.251 e. The van der Waals surface area contributed by atoms with Crippen LogP contribution >= 0.6 is 0 Å². The number of amides is 1. The van der Waals surface area contributed by atoms with Crippen LogP contribution in [0.15, 0.2) is 36.4 Å². The number of hydrogen-bond donors (Lipinski definition) is 4. The summed E-state index contributed by atoms with van der Waals surface area (Å²) >= 11 is 0. The summed E-state index contributed by atoms with van der Waals surface area (Å²) in [5, 5.41) is 32.8. The molecule has 2 aromatic rings. The summed E-state index contributed by atoms with van der Waals surface area (Å²) in [6, 6.07) is 9.52. The van der Waals surface area contributed by atoms with Crippen LogP contribution in [0.1, 0.15) is 60.0 Å². The standard InChI is InChI=1S/C24H27NO4/c26-19-3-1-18(22(28)9-19)13-25-23(29)17-2-4-21(27)20(8-17)24-10-14-5-15(11-24)7-16(6-14)12-24/h1-4,8-9,14-16,26-28H,5-7,10-13H2,(H,25,29). The van der Waals surface area contributed by atoms with Crippen LogP contribution in [-0.4, -0.2) is 21.2 Å². The minimum atomic E-state index is -0.233. The first-order valence-corrected chi connectivity index (χ1v) is 10.5. The molecule has 5 nitrogen and oxygen atoms in total. The highest BCUT2D eigenvalue weighted by molar-refractivity contribution is 5.94. The van der Waals surface area contributed by atoms with Gasteiger partial charge < -0.3 is 20.6 Å². The SMILES string of the molecule is O=C(NCc1ccc(O)cc1O)c1ccc(O)c(C23CC4CC(CC(C4)C2)C3)c1. The molecule has 6 rings (SSSR count). The second-order valence-corrected chi connectivity index (χ2v) is 9.43. The van der Waals surface area contributed by atoms with E-state index in [0.29, 0.717) is 16.9 Å². The third kappa shape index (κ3) is 3.22. The Labute approximate surface area is 170 Å². The number of benzene rings is 2. The molecule has 0 heterocycles. The topological polar surface area (TPSA) is 89.8 Å². The average molecular weight is 393 g/mol. The zero-order valence-electron chi connectivity index (χ0n) is 16.4. The third-order valence-corrected chi connectivity index (χ3v) is 7.38. The maximum absolute atomic E-state index is 12.8. The summed E-state index contributed by atoms with van der Waals surface area (Å²) in [7, 11) is 0. The number of nitrogens with one attached hydrogen (secondary N) is 1. The minimum Gasteiger partial charge on any atom is -0.508 e. The zero-order chi connectivity index (χ0) is 20.2. The Balaban J connectivity index is 1.37. The quantitative estimate of drug-likeness (QED) is 0.627. The van der Waals surface area contributed by atoms with Gasteiger partial charge in [0.25, 0.3) is 5.91 Å². The van der Waals surface area contributed by atoms with Gasteiger partial charge in [-0.25, -0.2) is 0 Å². The van der Waals surface area contributed by atoms with E-state index in [-0.39, 0.29) is 29.4 Å². The molecule has 2 aromatic carbocycles. The van der Waals surface area contributed by atoms with Gasteiger partial charge in [0.15, 0.2) is 0 Å². The number of aromatic hydroxyl groups is 3. The van der Waals surface area contributed by atoms with Gasteiger partial charge in [-0.3, -0.25) is 4.79 Å². The second-order valence-electron chi connectivity index (χ2n) is 9.43. The second kappa shape index (κ2) is 6.68. The summed E-state index contributed by atoms with van der Waals surface area (Å²) in [6.45, 7) is 0.165.